The number of anilines is 1. The molecule has 1 amide bonds. The molecule has 1 aliphatic rings. The topological polar surface area (TPSA) is 90.3 Å². The molecule has 0 saturated carbocycles. The first-order valence-electron chi connectivity index (χ1n) is 12.5. The highest BCUT2D eigenvalue weighted by Crippen LogP contribution is 2.29. The second-order valence-electron chi connectivity index (χ2n) is 9.37. The van der Waals surface area contributed by atoms with Crippen molar-refractivity contribution in [2.45, 2.75) is 45.2 Å². The Morgan fingerprint density at radius 3 is 2.72 bits per heavy atom. The third-order valence-corrected chi connectivity index (χ3v) is 6.99. The minimum absolute atomic E-state index is 0.00101. The number of nitrogens with zero attached hydrogens (tertiary/aromatic N) is 2. The minimum Gasteiger partial charge on any atom is -0.457 e. The first-order valence-corrected chi connectivity index (χ1v) is 12.5. The number of hydrogen-bond donors (Lipinski definition) is 3. The lowest BCUT2D eigenvalue weighted by molar-refractivity contribution is 0.0895. The van der Waals surface area contributed by atoms with E-state index in [1.807, 2.05) is 49.5 Å². The van der Waals surface area contributed by atoms with Gasteiger partial charge in [0.05, 0.1) is 5.69 Å². The molecule has 36 heavy (non-hydrogen) atoms. The second-order valence-corrected chi connectivity index (χ2v) is 9.37. The molecule has 1 fully saturated rings. The van der Waals surface area contributed by atoms with E-state index in [1.54, 1.807) is 6.20 Å². The summed E-state index contributed by atoms with van der Waals surface area (Å²) in [6.07, 6.45) is 5.73. The number of hydrogen-bond acceptors (Lipinski definition) is 6. The van der Waals surface area contributed by atoms with E-state index < -0.39 is 0 Å². The van der Waals surface area contributed by atoms with Crippen molar-refractivity contribution in [1.29, 1.82) is 5.41 Å². The van der Waals surface area contributed by atoms with E-state index >= 15 is 0 Å². The fourth-order valence-electron chi connectivity index (χ4n) is 4.66. The highest BCUT2D eigenvalue weighted by Gasteiger charge is 2.25. The SMILES string of the molecule is CCc1cc(-c2cc(Oc3ccc(C=N)c(NC)c3)ccn2)ccc1C(=O)N[C@@H]1CCN(C)[C@H](C)C1. The third-order valence-electron chi connectivity index (χ3n) is 6.99. The summed E-state index contributed by atoms with van der Waals surface area (Å²) in [5, 5.41) is 13.9. The van der Waals surface area contributed by atoms with E-state index in [0.29, 0.717) is 17.5 Å². The van der Waals surface area contributed by atoms with Gasteiger partial charge in [0.15, 0.2) is 0 Å². The number of aromatic nitrogens is 1. The van der Waals surface area contributed by atoms with Crippen molar-refractivity contribution in [3.8, 4) is 22.8 Å². The van der Waals surface area contributed by atoms with Gasteiger partial charge in [0.25, 0.3) is 5.91 Å². The van der Waals surface area contributed by atoms with Gasteiger partial charge >= 0.3 is 0 Å². The molecule has 7 nitrogen and oxygen atoms in total. The van der Waals surface area contributed by atoms with Crippen LogP contribution >= 0.6 is 0 Å². The Hall–Kier alpha value is -3.71. The van der Waals surface area contributed by atoms with E-state index in [4.69, 9.17) is 10.1 Å². The number of nitrogens with one attached hydrogen (secondary N) is 3. The van der Waals surface area contributed by atoms with Crippen molar-refractivity contribution in [2.24, 2.45) is 0 Å². The van der Waals surface area contributed by atoms with Crippen molar-refractivity contribution >= 4 is 17.8 Å². The maximum absolute atomic E-state index is 13.1. The van der Waals surface area contributed by atoms with Crippen LogP contribution in [-0.4, -0.2) is 54.7 Å². The molecular weight excluding hydrogens is 450 g/mol. The molecule has 2 aromatic carbocycles. The van der Waals surface area contributed by atoms with Gasteiger partial charge in [-0.25, -0.2) is 0 Å². The van der Waals surface area contributed by atoms with Crippen LogP contribution in [0.2, 0.25) is 0 Å². The normalized spacial score (nSPS) is 17.9. The van der Waals surface area contributed by atoms with Crippen molar-refractivity contribution in [1.82, 2.24) is 15.2 Å². The lowest BCUT2D eigenvalue weighted by Crippen LogP contribution is -2.47. The molecule has 2 heterocycles. The van der Waals surface area contributed by atoms with Crippen molar-refractivity contribution in [3.05, 3.63) is 71.4 Å². The first-order chi connectivity index (χ1) is 17.4. The fourth-order valence-corrected chi connectivity index (χ4v) is 4.66. The number of piperidine rings is 1. The number of carbonyl (C=O) groups excluding carboxylic acids is 1. The average Bonchev–Trinajstić information content (AvgIpc) is 2.90. The summed E-state index contributed by atoms with van der Waals surface area (Å²) in [7, 11) is 3.96. The van der Waals surface area contributed by atoms with Gasteiger partial charge in [-0.3, -0.25) is 9.78 Å². The van der Waals surface area contributed by atoms with Crippen LogP contribution in [-0.2, 0) is 6.42 Å². The molecule has 7 heteroatoms. The monoisotopic (exact) mass is 485 g/mol. The lowest BCUT2D eigenvalue weighted by Gasteiger charge is -2.35. The zero-order chi connectivity index (χ0) is 25.7. The van der Waals surface area contributed by atoms with Crippen LogP contribution in [0.15, 0.2) is 54.7 Å². The molecule has 2 atom stereocenters. The molecule has 3 N–H and O–H groups in total. The Morgan fingerprint density at radius 2 is 2.00 bits per heavy atom. The summed E-state index contributed by atoms with van der Waals surface area (Å²) < 4.78 is 6.08. The van der Waals surface area contributed by atoms with Crippen molar-refractivity contribution < 1.29 is 9.53 Å². The molecule has 0 bridgehead atoms. The quantitative estimate of drug-likeness (QED) is 0.374. The Morgan fingerprint density at radius 1 is 1.19 bits per heavy atom. The summed E-state index contributed by atoms with van der Waals surface area (Å²) in [4.78, 5) is 20.0. The van der Waals surface area contributed by atoms with Crippen LogP contribution in [0.1, 0.15) is 48.2 Å². The van der Waals surface area contributed by atoms with Gasteiger partial charge in [-0.15, -0.1) is 0 Å². The molecule has 1 aromatic heterocycles. The maximum Gasteiger partial charge on any atom is 0.251 e. The highest BCUT2D eigenvalue weighted by atomic mass is 16.5. The summed E-state index contributed by atoms with van der Waals surface area (Å²) in [6.45, 7) is 5.27. The largest absolute Gasteiger partial charge is 0.457 e. The van der Waals surface area contributed by atoms with E-state index in [1.165, 1.54) is 6.21 Å². The van der Waals surface area contributed by atoms with Crippen LogP contribution < -0.4 is 15.4 Å². The van der Waals surface area contributed by atoms with Crippen LogP contribution in [0.25, 0.3) is 11.3 Å². The Labute approximate surface area is 213 Å². The molecule has 0 spiro atoms. The molecule has 4 rings (SSSR count). The molecule has 0 aliphatic carbocycles. The van der Waals surface area contributed by atoms with Gasteiger partial charge in [0, 0.05) is 72.6 Å². The molecular formula is C29H35N5O2. The molecule has 3 aromatic rings. The van der Waals surface area contributed by atoms with Crippen LogP contribution in [0, 0.1) is 5.41 Å². The summed E-state index contributed by atoms with van der Waals surface area (Å²) in [6, 6.07) is 15.9. The van der Waals surface area contributed by atoms with Gasteiger partial charge in [-0.1, -0.05) is 13.0 Å². The summed E-state index contributed by atoms with van der Waals surface area (Å²) in [5.74, 6) is 1.34. The van der Waals surface area contributed by atoms with Gasteiger partial charge in [0.2, 0.25) is 0 Å². The van der Waals surface area contributed by atoms with Crippen molar-refractivity contribution in [3.63, 3.8) is 0 Å². The molecule has 188 valence electrons. The van der Waals surface area contributed by atoms with E-state index in [9.17, 15) is 4.79 Å². The predicted molar refractivity (Wildman–Crippen MR) is 146 cm³/mol. The van der Waals surface area contributed by atoms with E-state index in [-0.39, 0.29) is 11.9 Å². The lowest BCUT2D eigenvalue weighted by atomic mass is 9.96. The molecule has 1 aliphatic heterocycles. The average molecular weight is 486 g/mol. The third kappa shape index (κ3) is 5.74. The number of aryl methyl sites for hydroxylation is 1. The van der Waals surface area contributed by atoms with Gasteiger partial charge in [-0.2, -0.15) is 0 Å². The molecule has 0 unspecified atom stereocenters. The van der Waals surface area contributed by atoms with Crippen LogP contribution in [0.5, 0.6) is 11.5 Å². The highest BCUT2D eigenvalue weighted by molar-refractivity contribution is 5.96. The number of carbonyl (C=O) groups is 1. The number of ether oxygens (including phenoxy) is 1. The van der Waals surface area contributed by atoms with E-state index in [2.05, 4.69) is 47.5 Å². The van der Waals surface area contributed by atoms with Crippen LogP contribution in [0.3, 0.4) is 0 Å². The zero-order valence-electron chi connectivity index (χ0n) is 21.5. The van der Waals surface area contributed by atoms with Gasteiger partial charge < -0.3 is 25.7 Å². The fraction of sp³-hybridized carbons (Fsp3) is 0.345. The Balaban J connectivity index is 1.51. The van der Waals surface area contributed by atoms with Gasteiger partial charge in [-0.05, 0) is 69.1 Å². The van der Waals surface area contributed by atoms with Gasteiger partial charge in [0.1, 0.15) is 11.5 Å². The Kier molecular flexibility index (Phi) is 8.00. The minimum atomic E-state index is -0.00101. The standard InChI is InChI=1S/C29H35N5O2/c1-5-20-15-21(7-9-26(20)29(35)33-23-11-13-34(4)19(2)14-23)28-17-25(10-12-32-28)36-24-8-6-22(18-30)27(16-24)31-3/h6-10,12,15-19,23,30-31H,5,11,13-14H2,1-4H3,(H,33,35)/t19-,23-/m1/s1. The Bertz CT molecular complexity index is 1240. The number of rotatable bonds is 8. The molecule has 1 saturated heterocycles. The maximum atomic E-state index is 13.1. The number of pyridine rings is 1. The number of likely N-dealkylation sites (tertiary alicyclic amines) is 1. The molecule has 0 radical (unpaired) electrons. The predicted octanol–water partition coefficient (Wildman–Crippen LogP) is 5.36. The van der Waals surface area contributed by atoms with Crippen LogP contribution in [0.4, 0.5) is 5.69 Å². The number of amides is 1. The number of benzene rings is 2. The zero-order valence-corrected chi connectivity index (χ0v) is 21.5. The second kappa shape index (κ2) is 11.4. The smallest absolute Gasteiger partial charge is 0.251 e. The summed E-state index contributed by atoms with van der Waals surface area (Å²) in [5.41, 5.74) is 5.07. The van der Waals surface area contributed by atoms with E-state index in [0.717, 1.165) is 59.4 Å². The summed E-state index contributed by atoms with van der Waals surface area (Å²) >= 11 is 0. The first kappa shape index (κ1) is 25.4. The van der Waals surface area contributed by atoms with Crippen molar-refractivity contribution in [2.75, 3.05) is 26.0 Å².